The van der Waals surface area contributed by atoms with Crippen molar-refractivity contribution in [2.75, 3.05) is 5.32 Å². The van der Waals surface area contributed by atoms with E-state index < -0.39 is 5.97 Å². The smallest absolute Gasteiger partial charge is 0.303 e. The van der Waals surface area contributed by atoms with Crippen LogP contribution in [0.3, 0.4) is 0 Å². The predicted octanol–water partition coefficient (Wildman–Crippen LogP) is 2.53. The number of carbonyl (C=O) groups excluding carboxylic acids is 1. The summed E-state index contributed by atoms with van der Waals surface area (Å²) >= 11 is 1.46. The van der Waals surface area contributed by atoms with E-state index in [0.29, 0.717) is 6.42 Å². The molecule has 0 bridgehead atoms. The first-order valence-corrected chi connectivity index (χ1v) is 6.81. The summed E-state index contributed by atoms with van der Waals surface area (Å²) in [5.74, 6) is -0.953. The van der Waals surface area contributed by atoms with Gasteiger partial charge in [-0.15, -0.1) is 11.8 Å². The number of aliphatic carboxylic acids is 1. The lowest BCUT2D eigenvalue weighted by Gasteiger charge is -2.25. The fourth-order valence-electron chi connectivity index (χ4n) is 1.97. The van der Waals surface area contributed by atoms with Crippen molar-refractivity contribution in [3.05, 3.63) is 23.8 Å². The topological polar surface area (TPSA) is 66.4 Å². The van der Waals surface area contributed by atoms with E-state index in [-0.39, 0.29) is 17.6 Å². The van der Waals surface area contributed by atoms with Gasteiger partial charge in [0.2, 0.25) is 5.91 Å². The lowest BCUT2D eigenvalue weighted by Crippen LogP contribution is -2.30. The number of benzene rings is 1. The molecular formula is C13H15NO3S. The average Bonchev–Trinajstić information content (AvgIpc) is 2.35. The zero-order valence-electron chi connectivity index (χ0n) is 10.1. The van der Waals surface area contributed by atoms with Crippen LogP contribution in [-0.2, 0) is 16.0 Å². The van der Waals surface area contributed by atoms with Gasteiger partial charge in [-0.1, -0.05) is 19.1 Å². The van der Waals surface area contributed by atoms with Crippen LogP contribution < -0.4 is 5.32 Å². The molecule has 2 N–H and O–H groups in total. The molecule has 0 spiro atoms. The Morgan fingerprint density at radius 3 is 2.94 bits per heavy atom. The highest BCUT2D eigenvalue weighted by molar-refractivity contribution is 8.01. The number of thioether (sulfide) groups is 1. The number of hydrogen-bond donors (Lipinski definition) is 2. The van der Waals surface area contributed by atoms with Crippen LogP contribution in [0.5, 0.6) is 0 Å². The van der Waals surface area contributed by atoms with E-state index in [4.69, 9.17) is 5.11 Å². The quantitative estimate of drug-likeness (QED) is 0.878. The first kappa shape index (κ1) is 13.0. The Kier molecular flexibility index (Phi) is 3.91. The van der Waals surface area contributed by atoms with E-state index in [0.717, 1.165) is 22.6 Å². The molecule has 0 aliphatic carbocycles. The van der Waals surface area contributed by atoms with Gasteiger partial charge in [-0.05, 0) is 24.5 Å². The number of para-hydroxylation sites is 1. The molecule has 4 nitrogen and oxygen atoms in total. The second-order valence-corrected chi connectivity index (χ2v) is 5.42. The molecule has 0 saturated heterocycles. The largest absolute Gasteiger partial charge is 0.481 e. The van der Waals surface area contributed by atoms with Crippen LogP contribution in [0.2, 0.25) is 0 Å². The number of fused-ring (bicyclic) bond motifs is 1. The molecule has 18 heavy (non-hydrogen) atoms. The van der Waals surface area contributed by atoms with Crippen LogP contribution in [0, 0.1) is 0 Å². The highest BCUT2D eigenvalue weighted by Crippen LogP contribution is 2.39. The fraction of sp³-hybridized carbons (Fsp3) is 0.385. The van der Waals surface area contributed by atoms with Gasteiger partial charge in [0.25, 0.3) is 0 Å². The van der Waals surface area contributed by atoms with Gasteiger partial charge in [-0.2, -0.15) is 0 Å². The fourth-order valence-corrected chi connectivity index (χ4v) is 3.13. The molecule has 0 aromatic heterocycles. The van der Waals surface area contributed by atoms with Crippen LogP contribution in [-0.4, -0.2) is 22.2 Å². The summed E-state index contributed by atoms with van der Waals surface area (Å²) in [6, 6.07) is 5.93. The van der Waals surface area contributed by atoms with Crippen LogP contribution >= 0.6 is 11.8 Å². The second-order valence-electron chi connectivity index (χ2n) is 4.17. The monoisotopic (exact) mass is 265 g/mol. The summed E-state index contributed by atoms with van der Waals surface area (Å²) < 4.78 is 0. The second kappa shape index (κ2) is 5.44. The van der Waals surface area contributed by atoms with E-state index in [1.807, 2.05) is 25.1 Å². The molecular weight excluding hydrogens is 250 g/mol. The number of amides is 1. The Morgan fingerprint density at radius 2 is 2.28 bits per heavy atom. The molecule has 1 unspecified atom stereocenters. The molecule has 96 valence electrons. The van der Waals surface area contributed by atoms with Crippen LogP contribution in [0.15, 0.2) is 23.1 Å². The third kappa shape index (κ3) is 2.67. The van der Waals surface area contributed by atoms with Gasteiger partial charge >= 0.3 is 5.97 Å². The molecule has 1 amide bonds. The predicted molar refractivity (Wildman–Crippen MR) is 71.0 cm³/mol. The number of rotatable bonds is 4. The minimum absolute atomic E-state index is 0.0217. The summed E-state index contributed by atoms with van der Waals surface area (Å²) in [7, 11) is 0. The van der Waals surface area contributed by atoms with E-state index in [2.05, 4.69) is 5.32 Å². The third-order valence-corrected chi connectivity index (χ3v) is 4.25. The van der Waals surface area contributed by atoms with Crippen molar-refractivity contribution in [1.82, 2.24) is 0 Å². The first-order chi connectivity index (χ1) is 8.61. The standard InChI is InChI=1S/C13H15NO3S/c1-2-8-4-3-5-9-12(8)14-13(17)10(18-9)6-7-11(15)16/h3-5,10H,2,6-7H2,1H3,(H,14,17)(H,15,16). The maximum atomic E-state index is 11.9. The normalized spacial score (nSPS) is 18.1. The zero-order chi connectivity index (χ0) is 13.1. The van der Waals surface area contributed by atoms with Gasteiger partial charge in [0.1, 0.15) is 0 Å². The highest BCUT2D eigenvalue weighted by Gasteiger charge is 2.28. The first-order valence-electron chi connectivity index (χ1n) is 5.93. The Bertz CT molecular complexity index is 487. The van der Waals surface area contributed by atoms with Crippen molar-refractivity contribution in [1.29, 1.82) is 0 Å². The van der Waals surface area contributed by atoms with Crippen LogP contribution in [0.25, 0.3) is 0 Å². The summed E-state index contributed by atoms with van der Waals surface area (Å²) in [4.78, 5) is 23.5. The van der Waals surface area contributed by atoms with E-state index in [1.165, 1.54) is 11.8 Å². The van der Waals surface area contributed by atoms with E-state index in [1.54, 1.807) is 0 Å². The third-order valence-electron chi connectivity index (χ3n) is 2.92. The highest BCUT2D eigenvalue weighted by atomic mass is 32.2. The molecule has 1 aromatic rings. The number of hydrogen-bond acceptors (Lipinski definition) is 3. The SMILES string of the molecule is CCc1cccc2c1NC(=O)C(CCC(=O)O)S2. The lowest BCUT2D eigenvalue weighted by molar-refractivity contribution is -0.137. The van der Waals surface area contributed by atoms with Crippen molar-refractivity contribution >= 4 is 29.3 Å². The lowest BCUT2D eigenvalue weighted by atomic mass is 10.1. The molecule has 2 rings (SSSR count). The van der Waals surface area contributed by atoms with Crippen molar-refractivity contribution in [2.45, 2.75) is 36.3 Å². The summed E-state index contributed by atoms with van der Waals surface area (Å²) in [5, 5.41) is 11.3. The minimum Gasteiger partial charge on any atom is -0.481 e. The summed E-state index contributed by atoms with van der Waals surface area (Å²) in [6.45, 7) is 2.04. The van der Waals surface area contributed by atoms with Crippen molar-refractivity contribution < 1.29 is 14.7 Å². The molecule has 5 heteroatoms. The number of anilines is 1. The van der Waals surface area contributed by atoms with Crippen LogP contribution in [0.4, 0.5) is 5.69 Å². The molecule has 0 saturated carbocycles. The molecule has 1 aromatic carbocycles. The van der Waals surface area contributed by atoms with Gasteiger partial charge in [-0.3, -0.25) is 9.59 Å². The van der Waals surface area contributed by atoms with Crippen molar-refractivity contribution in [3.8, 4) is 0 Å². The van der Waals surface area contributed by atoms with E-state index >= 15 is 0 Å². The minimum atomic E-state index is -0.864. The zero-order valence-corrected chi connectivity index (χ0v) is 10.9. The van der Waals surface area contributed by atoms with Gasteiger partial charge in [0.15, 0.2) is 0 Å². The Morgan fingerprint density at radius 1 is 1.50 bits per heavy atom. The molecule has 1 atom stereocenters. The number of carboxylic acids is 1. The van der Waals surface area contributed by atoms with Gasteiger partial charge in [-0.25, -0.2) is 0 Å². The maximum Gasteiger partial charge on any atom is 0.303 e. The van der Waals surface area contributed by atoms with Crippen LogP contribution in [0.1, 0.15) is 25.3 Å². The van der Waals surface area contributed by atoms with E-state index in [9.17, 15) is 9.59 Å². The van der Waals surface area contributed by atoms with Gasteiger partial charge < -0.3 is 10.4 Å². The molecule has 0 radical (unpaired) electrons. The number of aryl methyl sites for hydroxylation is 1. The molecule has 1 heterocycles. The van der Waals surface area contributed by atoms with Gasteiger partial charge in [0, 0.05) is 11.3 Å². The van der Waals surface area contributed by atoms with Gasteiger partial charge in [0.05, 0.1) is 10.9 Å². The Balaban J connectivity index is 2.18. The summed E-state index contributed by atoms with van der Waals surface area (Å²) in [6.07, 6.45) is 1.25. The maximum absolute atomic E-state index is 11.9. The Labute approximate surface area is 110 Å². The van der Waals surface area contributed by atoms with Crippen molar-refractivity contribution in [3.63, 3.8) is 0 Å². The molecule has 1 aliphatic heterocycles. The molecule has 1 aliphatic rings. The number of carboxylic acid groups (broad SMARTS) is 1. The molecule has 0 fully saturated rings. The van der Waals surface area contributed by atoms with Crippen molar-refractivity contribution in [2.24, 2.45) is 0 Å². The average molecular weight is 265 g/mol. The Hall–Kier alpha value is -1.49. The number of carbonyl (C=O) groups is 2. The summed E-state index contributed by atoms with van der Waals surface area (Å²) in [5.41, 5.74) is 2.01. The number of nitrogens with one attached hydrogen (secondary N) is 1.